The van der Waals surface area contributed by atoms with Crippen LogP contribution < -0.4 is 5.32 Å². The molecule has 0 saturated heterocycles. The highest BCUT2D eigenvalue weighted by Crippen LogP contribution is 2.16. The lowest BCUT2D eigenvalue weighted by molar-refractivity contribution is -0.384. The topological polar surface area (TPSA) is 81.5 Å². The molecule has 0 aromatic heterocycles. The minimum absolute atomic E-state index is 0.0898. The number of hydrogen-bond donors (Lipinski definition) is 1. The Morgan fingerprint density at radius 1 is 1.50 bits per heavy atom. The van der Waals surface area contributed by atoms with Gasteiger partial charge in [-0.1, -0.05) is 17.9 Å². The minimum Gasteiger partial charge on any atom is -0.436 e. The van der Waals surface area contributed by atoms with Crippen LogP contribution in [0.3, 0.4) is 0 Å². The Kier molecular flexibility index (Phi) is 5.48. The number of rotatable bonds is 3. The van der Waals surface area contributed by atoms with Crippen molar-refractivity contribution in [1.82, 2.24) is 0 Å². The summed E-state index contributed by atoms with van der Waals surface area (Å²) in [5.41, 5.74) is 0.161. The van der Waals surface area contributed by atoms with Crippen LogP contribution in [-0.4, -0.2) is 23.5 Å². The number of nitro groups is 1. The van der Waals surface area contributed by atoms with Crippen LogP contribution in [-0.2, 0) is 4.74 Å². The third kappa shape index (κ3) is 4.72. The SMILES string of the molecule is O=C(Nc1cccc([N+](=O)[O-])c1)OCC#CCCl. The predicted octanol–water partition coefficient (Wildman–Crippen LogP) is 2.39. The van der Waals surface area contributed by atoms with Crippen LogP contribution in [0, 0.1) is 22.0 Å². The highest BCUT2D eigenvalue weighted by molar-refractivity contribution is 6.19. The lowest BCUT2D eigenvalue weighted by atomic mass is 10.3. The van der Waals surface area contributed by atoms with Crippen LogP contribution in [0.5, 0.6) is 0 Å². The third-order valence-electron chi connectivity index (χ3n) is 1.77. The molecule has 0 aliphatic heterocycles. The van der Waals surface area contributed by atoms with E-state index in [1.54, 1.807) is 0 Å². The van der Waals surface area contributed by atoms with E-state index in [-0.39, 0.29) is 23.9 Å². The lowest BCUT2D eigenvalue weighted by Crippen LogP contribution is -2.13. The van der Waals surface area contributed by atoms with Gasteiger partial charge in [-0.3, -0.25) is 15.4 Å². The average molecular weight is 269 g/mol. The molecule has 1 amide bonds. The number of hydrogen-bond acceptors (Lipinski definition) is 4. The Morgan fingerprint density at radius 3 is 2.94 bits per heavy atom. The fourth-order valence-electron chi connectivity index (χ4n) is 1.05. The molecule has 0 aliphatic carbocycles. The maximum Gasteiger partial charge on any atom is 0.412 e. The third-order valence-corrected chi connectivity index (χ3v) is 1.90. The van der Waals surface area contributed by atoms with E-state index in [2.05, 4.69) is 17.2 Å². The maximum absolute atomic E-state index is 11.3. The molecule has 0 spiro atoms. The number of halogens is 1. The number of nitro benzene ring substituents is 1. The van der Waals surface area contributed by atoms with Gasteiger partial charge in [0.2, 0.25) is 0 Å². The molecule has 1 N–H and O–H groups in total. The van der Waals surface area contributed by atoms with Crippen molar-refractivity contribution in [1.29, 1.82) is 0 Å². The van der Waals surface area contributed by atoms with E-state index < -0.39 is 11.0 Å². The highest BCUT2D eigenvalue weighted by Gasteiger charge is 2.08. The Bertz CT molecular complexity index is 507. The summed E-state index contributed by atoms with van der Waals surface area (Å²) in [6.45, 7) is -0.0898. The van der Waals surface area contributed by atoms with E-state index in [0.717, 1.165) is 0 Å². The van der Waals surface area contributed by atoms with Crippen molar-refractivity contribution >= 4 is 29.1 Å². The summed E-state index contributed by atoms with van der Waals surface area (Å²) < 4.78 is 4.70. The number of carbonyl (C=O) groups excluding carboxylic acids is 1. The Hall–Kier alpha value is -2.26. The number of benzene rings is 1. The molecular weight excluding hydrogens is 260 g/mol. The molecule has 1 rings (SSSR count). The molecule has 94 valence electrons. The minimum atomic E-state index is -0.737. The van der Waals surface area contributed by atoms with E-state index >= 15 is 0 Å². The summed E-state index contributed by atoms with van der Waals surface area (Å²) in [4.78, 5) is 21.2. The van der Waals surface area contributed by atoms with Gasteiger partial charge < -0.3 is 4.74 Å². The average Bonchev–Trinajstić information content (AvgIpc) is 2.35. The Morgan fingerprint density at radius 2 is 2.28 bits per heavy atom. The smallest absolute Gasteiger partial charge is 0.412 e. The van der Waals surface area contributed by atoms with E-state index in [9.17, 15) is 14.9 Å². The van der Waals surface area contributed by atoms with Gasteiger partial charge in [0.05, 0.1) is 16.5 Å². The van der Waals surface area contributed by atoms with Crippen molar-refractivity contribution in [2.45, 2.75) is 0 Å². The standard InChI is InChI=1S/C11H9ClN2O4/c12-6-1-2-7-18-11(15)13-9-4-3-5-10(8-9)14(16)17/h3-5,8H,6-7H2,(H,13,15). The molecule has 0 unspecified atom stereocenters. The molecule has 0 atom stereocenters. The second-order valence-electron chi connectivity index (χ2n) is 3.00. The quantitative estimate of drug-likeness (QED) is 0.395. The number of ether oxygens (including phenoxy) is 1. The second-order valence-corrected chi connectivity index (χ2v) is 3.26. The van der Waals surface area contributed by atoms with E-state index in [1.165, 1.54) is 24.3 Å². The maximum atomic E-state index is 11.3. The first-order chi connectivity index (χ1) is 8.63. The number of amides is 1. The van der Waals surface area contributed by atoms with Crippen LogP contribution >= 0.6 is 11.6 Å². The van der Waals surface area contributed by atoms with E-state index in [1.807, 2.05) is 0 Å². The van der Waals surface area contributed by atoms with Crippen molar-refractivity contribution in [3.05, 3.63) is 34.4 Å². The number of alkyl halides is 1. The first kappa shape index (κ1) is 13.8. The second kappa shape index (κ2) is 7.14. The van der Waals surface area contributed by atoms with Crippen LogP contribution in [0.15, 0.2) is 24.3 Å². The zero-order valence-corrected chi connectivity index (χ0v) is 9.94. The molecule has 0 aliphatic rings. The van der Waals surface area contributed by atoms with Crippen molar-refractivity contribution in [2.75, 3.05) is 17.8 Å². The number of carbonyl (C=O) groups is 1. The van der Waals surface area contributed by atoms with E-state index in [4.69, 9.17) is 16.3 Å². The monoisotopic (exact) mass is 268 g/mol. The largest absolute Gasteiger partial charge is 0.436 e. The van der Waals surface area contributed by atoms with Crippen LogP contribution in [0.1, 0.15) is 0 Å². The van der Waals surface area contributed by atoms with Gasteiger partial charge in [0.1, 0.15) is 0 Å². The van der Waals surface area contributed by atoms with Crippen molar-refractivity contribution < 1.29 is 14.5 Å². The molecule has 18 heavy (non-hydrogen) atoms. The van der Waals surface area contributed by atoms with Gasteiger partial charge in [-0.2, -0.15) is 0 Å². The first-order valence-corrected chi connectivity index (χ1v) is 5.37. The molecule has 1 aromatic rings. The van der Waals surface area contributed by atoms with Gasteiger partial charge >= 0.3 is 6.09 Å². The summed E-state index contributed by atoms with van der Waals surface area (Å²) in [6.07, 6.45) is -0.737. The highest BCUT2D eigenvalue weighted by atomic mass is 35.5. The molecule has 7 heteroatoms. The number of non-ortho nitro benzene ring substituents is 1. The summed E-state index contributed by atoms with van der Waals surface area (Å²) >= 11 is 5.30. The zero-order chi connectivity index (χ0) is 13.4. The molecule has 6 nitrogen and oxygen atoms in total. The van der Waals surface area contributed by atoms with Crippen LogP contribution in [0.2, 0.25) is 0 Å². The lowest BCUT2D eigenvalue weighted by Gasteiger charge is -2.03. The Balaban J connectivity index is 2.54. The summed E-state index contributed by atoms with van der Waals surface area (Å²) in [7, 11) is 0. The summed E-state index contributed by atoms with van der Waals surface area (Å²) in [6, 6.07) is 5.52. The Labute approximate surface area is 108 Å². The van der Waals surface area contributed by atoms with Gasteiger partial charge in [0.15, 0.2) is 6.61 Å². The molecule has 0 fully saturated rings. The van der Waals surface area contributed by atoms with E-state index in [0.29, 0.717) is 0 Å². The molecule has 1 aromatic carbocycles. The number of nitrogens with zero attached hydrogens (tertiary/aromatic N) is 1. The van der Waals surface area contributed by atoms with Crippen molar-refractivity contribution in [3.63, 3.8) is 0 Å². The molecule has 0 heterocycles. The fourth-order valence-corrected chi connectivity index (χ4v) is 1.15. The molecule has 0 radical (unpaired) electrons. The van der Waals surface area contributed by atoms with Crippen molar-refractivity contribution in [3.8, 4) is 11.8 Å². The fraction of sp³-hybridized carbons (Fsp3) is 0.182. The van der Waals surface area contributed by atoms with Crippen LogP contribution in [0.25, 0.3) is 0 Å². The van der Waals surface area contributed by atoms with Gasteiger partial charge in [-0.25, -0.2) is 4.79 Å². The molecule has 0 bridgehead atoms. The number of anilines is 1. The normalized spacial score (nSPS) is 8.94. The predicted molar refractivity (Wildman–Crippen MR) is 66.6 cm³/mol. The number of nitrogens with one attached hydrogen (secondary N) is 1. The molecule has 0 saturated carbocycles. The van der Waals surface area contributed by atoms with Crippen LogP contribution in [0.4, 0.5) is 16.2 Å². The first-order valence-electron chi connectivity index (χ1n) is 4.83. The zero-order valence-electron chi connectivity index (χ0n) is 9.18. The summed E-state index contributed by atoms with van der Waals surface area (Å²) in [5.74, 6) is 5.18. The van der Waals surface area contributed by atoms with Gasteiger partial charge in [-0.05, 0) is 6.07 Å². The summed E-state index contributed by atoms with van der Waals surface area (Å²) in [5, 5.41) is 12.9. The van der Waals surface area contributed by atoms with Gasteiger partial charge in [-0.15, -0.1) is 11.6 Å². The van der Waals surface area contributed by atoms with Crippen molar-refractivity contribution in [2.24, 2.45) is 0 Å². The molecular formula is C11H9ClN2O4. The van der Waals surface area contributed by atoms with Gasteiger partial charge in [0, 0.05) is 12.1 Å². The van der Waals surface area contributed by atoms with Gasteiger partial charge in [0.25, 0.3) is 5.69 Å².